The first kappa shape index (κ1) is 14.5. The Kier molecular flexibility index (Phi) is 5.79. The van der Waals surface area contributed by atoms with Gasteiger partial charge in [0.2, 0.25) is 0 Å². The van der Waals surface area contributed by atoms with Gasteiger partial charge in [0.1, 0.15) is 0 Å². The summed E-state index contributed by atoms with van der Waals surface area (Å²) in [6.45, 7) is 7.07. The van der Waals surface area contributed by atoms with Crippen LogP contribution in [0.15, 0.2) is 24.3 Å². The second-order valence-corrected chi connectivity index (χ2v) is 5.22. The highest BCUT2D eigenvalue weighted by Gasteiger charge is 2.14. The van der Waals surface area contributed by atoms with E-state index in [9.17, 15) is 0 Å². The third-order valence-corrected chi connectivity index (χ3v) is 3.76. The van der Waals surface area contributed by atoms with Gasteiger partial charge in [0.05, 0.1) is 6.61 Å². The lowest BCUT2D eigenvalue weighted by Gasteiger charge is -2.21. The molecule has 0 aromatic heterocycles. The number of hydrogen-bond acceptors (Lipinski definition) is 4. The molecule has 3 N–H and O–H groups in total. The molecule has 4 nitrogen and oxygen atoms in total. The molecule has 1 fully saturated rings. The molecule has 1 aliphatic heterocycles. The lowest BCUT2D eigenvalue weighted by molar-refractivity contribution is 0.196. The summed E-state index contributed by atoms with van der Waals surface area (Å²) in [5.74, 6) is 0. The Balaban J connectivity index is 1.84. The van der Waals surface area contributed by atoms with Crippen molar-refractivity contribution in [2.75, 3.05) is 39.3 Å². The molecule has 1 aromatic rings. The number of nitrogens with zero attached hydrogens (tertiary/aromatic N) is 2. The second kappa shape index (κ2) is 7.60. The van der Waals surface area contributed by atoms with Gasteiger partial charge in [0.25, 0.3) is 0 Å². The van der Waals surface area contributed by atoms with Crippen LogP contribution in [0.3, 0.4) is 0 Å². The number of rotatable bonds is 5. The van der Waals surface area contributed by atoms with Crippen molar-refractivity contribution < 1.29 is 5.11 Å². The molecule has 1 saturated heterocycles. The van der Waals surface area contributed by atoms with Crippen molar-refractivity contribution in [3.63, 3.8) is 0 Å². The van der Waals surface area contributed by atoms with Gasteiger partial charge < -0.3 is 10.8 Å². The van der Waals surface area contributed by atoms with Gasteiger partial charge in [-0.2, -0.15) is 0 Å². The van der Waals surface area contributed by atoms with Crippen LogP contribution in [0.5, 0.6) is 0 Å². The fourth-order valence-electron chi connectivity index (χ4n) is 2.59. The summed E-state index contributed by atoms with van der Waals surface area (Å²) in [4.78, 5) is 4.84. The van der Waals surface area contributed by atoms with Gasteiger partial charge in [0, 0.05) is 32.7 Å². The van der Waals surface area contributed by atoms with Crippen LogP contribution in [0, 0.1) is 0 Å². The first-order valence-electron chi connectivity index (χ1n) is 7.15. The molecule has 0 spiro atoms. The van der Waals surface area contributed by atoms with E-state index in [0.717, 1.165) is 39.3 Å². The summed E-state index contributed by atoms with van der Waals surface area (Å²) in [6, 6.07) is 8.59. The predicted molar refractivity (Wildman–Crippen MR) is 77.8 cm³/mol. The van der Waals surface area contributed by atoms with Crippen LogP contribution in [-0.2, 0) is 13.1 Å². The minimum Gasteiger partial charge on any atom is -0.395 e. The number of aliphatic hydroxyl groups is 1. The van der Waals surface area contributed by atoms with E-state index < -0.39 is 0 Å². The van der Waals surface area contributed by atoms with Gasteiger partial charge >= 0.3 is 0 Å². The molecule has 1 aromatic carbocycles. The Bertz CT molecular complexity index is 366. The molecule has 2 rings (SSSR count). The van der Waals surface area contributed by atoms with Crippen molar-refractivity contribution >= 4 is 0 Å². The summed E-state index contributed by atoms with van der Waals surface area (Å²) < 4.78 is 0. The molecule has 0 amide bonds. The number of hydrogen-bond donors (Lipinski definition) is 2. The van der Waals surface area contributed by atoms with Crippen LogP contribution in [0.1, 0.15) is 17.5 Å². The first-order valence-corrected chi connectivity index (χ1v) is 7.15. The molecular weight excluding hydrogens is 238 g/mol. The van der Waals surface area contributed by atoms with Crippen molar-refractivity contribution in [1.82, 2.24) is 9.80 Å². The van der Waals surface area contributed by atoms with Crippen LogP contribution in [0.4, 0.5) is 0 Å². The maximum atomic E-state index is 9.00. The van der Waals surface area contributed by atoms with Gasteiger partial charge in [-0.25, -0.2) is 0 Å². The maximum Gasteiger partial charge on any atom is 0.0558 e. The highest BCUT2D eigenvalue weighted by molar-refractivity contribution is 5.22. The highest BCUT2D eigenvalue weighted by atomic mass is 16.3. The first-order chi connectivity index (χ1) is 9.31. The standard InChI is InChI=1S/C15H25N3O/c16-12-14-2-4-15(5-3-14)13-18-7-1-6-17(8-9-18)10-11-19/h2-5,19H,1,6-13,16H2. The predicted octanol–water partition coefficient (Wildman–Crippen LogP) is 0.645. The van der Waals surface area contributed by atoms with Crippen molar-refractivity contribution in [3.05, 3.63) is 35.4 Å². The maximum absolute atomic E-state index is 9.00. The number of nitrogens with two attached hydrogens (primary N) is 1. The molecule has 0 bridgehead atoms. The van der Waals surface area contributed by atoms with Crippen LogP contribution in [-0.4, -0.2) is 54.2 Å². The zero-order chi connectivity index (χ0) is 13.5. The topological polar surface area (TPSA) is 52.7 Å². The summed E-state index contributed by atoms with van der Waals surface area (Å²) in [5, 5.41) is 9.00. The zero-order valence-corrected chi connectivity index (χ0v) is 11.6. The summed E-state index contributed by atoms with van der Waals surface area (Å²) >= 11 is 0. The second-order valence-electron chi connectivity index (χ2n) is 5.22. The lowest BCUT2D eigenvalue weighted by Crippen LogP contribution is -2.32. The van der Waals surface area contributed by atoms with E-state index in [1.807, 2.05) is 0 Å². The Labute approximate surface area is 115 Å². The Morgan fingerprint density at radius 1 is 0.947 bits per heavy atom. The molecule has 4 heteroatoms. The normalized spacial score (nSPS) is 18.4. The molecule has 106 valence electrons. The minimum atomic E-state index is 0.264. The van der Waals surface area contributed by atoms with Crippen LogP contribution < -0.4 is 5.73 Å². The van der Waals surface area contributed by atoms with Gasteiger partial charge in [-0.1, -0.05) is 24.3 Å². The zero-order valence-electron chi connectivity index (χ0n) is 11.6. The molecule has 1 aliphatic rings. The third-order valence-electron chi connectivity index (χ3n) is 3.76. The van der Waals surface area contributed by atoms with E-state index in [4.69, 9.17) is 10.8 Å². The van der Waals surface area contributed by atoms with E-state index in [1.165, 1.54) is 17.5 Å². The minimum absolute atomic E-state index is 0.264. The molecule has 0 atom stereocenters. The summed E-state index contributed by atoms with van der Waals surface area (Å²) in [6.07, 6.45) is 1.18. The molecular formula is C15H25N3O. The third kappa shape index (κ3) is 4.58. The molecule has 1 heterocycles. The van der Waals surface area contributed by atoms with Crippen LogP contribution in [0.2, 0.25) is 0 Å². The number of benzene rings is 1. The molecule has 0 saturated carbocycles. The smallest absolute Gasteiger partial charge is 0.0558 e. The number of β-amino-alcohol motifs (C(OH)–C–C–N with tert-alkyl or cyclic N) is 1. The Morgan fingerprint density at radius 3 is 2.26 bits per heavy atom. The van der Waals surface area contributed by atoms with E-state index in [2.05, 4.69) is 34.1 Å². The van der Waals surface area contributed by atoms with Crippen LogP contribution in [0.25, 0.3) is 0 Å². The van der Waals surface area contributed by atoms with Crippen molar-refractivity contribution in [1.29, 1.82) is 0 Å². The Morgan fingerprint density at radius 2 is 1.58 bits per heavy atom. The van der Waals surface area contributed by atoms with E-state index in [0.29, 0.717) is 6.54 Å². The van der Waals surface area contributed by atoms with Crippen molar-refractivity contribution in [3.8, 4) is 0 Å². The quantitative estimate of drug-likeness (QED) is 0.819. The van der Waals surface area contributed by atoms with E-state index >= 15 is 0 Å². The lowest BCUT2D eigenvalue weighted by atomic mass is 10.1. The largest absolute Gasteiger partial charge is 0.395 e. The van der Waals surface area contributed by atoms with Crippen molar-refractivity contribution in [2.45, 2.75) is 19.5 Å². The average Bonchev–Trinajstić information content (AvgIpc) is 2.66. The van der Waals surface area contributed by atoms with Gasteiger partial charge in [-0.3, -0.25) is 9.80 Å². The fourth-order valence-corrected chi connectivity index (χ4v) is 2.59. The van der Waals surface area contributed by atoms with Crippen LogP contribution >= 0.6 is 0 Å². The SMILES string of the molecule is NCc1ccc(CN2CCCN(CCO)CC2)cc1. The fraction of sp³-hybridized carbons (Fsp3) is 0.600. The van der Waals surface area contributed by atoms with Crippen molar-refractivity contribution in [2.24, 2.45) is 5.73 Å². The van der Waals surface area contributed by atoms with E-state index in [1.54, 1.807) is 0 Å². The van der Waals surface area contributed by atoms with Gasteiger partial charge in [-0.05, 0) is 30.6 Å². The summed E-state index contributed by atoms with van der Waals surface area (Å²) in [5.41, 5.74) is 8.16. The summed E-state index contributed by atoms with van der Waals surface area (Å²) in [7, 11) is 0. The highest BCUT2D eigenvalue weighted by Crippen LogP contribution is 2.10. The van der Waals surface area contributed by atoms with E-state index in [-0.39, 0.29) is 6.61 Å². The van der Waals surface area contributed by atoms with Gasteiger partial charge in [0.15, 0.2) is 0 Å². The molecule has 0 aliphatic carbocycles. The average molecular weight is 263 g/mol. The number of aliphatic hydroxyl groups excluding tert-OH is 1. The monoisotopic (exact) mass is 263 g/mol. The molecule has 0 unspecified atom stereocenters. The molecule has 19 heavy (non-hydrogen) atoms. The Hall–Kier alpha value is -0.940. The molecule has 0 radical (unpaired) electrons. The van der Waals surface area contributed by atoms with Gasteiger partial charge in [-0.15, -0.1) is 0 Å².